The minimum absolute atomic E-state index is 0.489. The molecule has 35 heavy (non-hydrogen) atoms. The highest BCUT2D eigenvalue weighted by molar-refractivity contribution is 6.32. The highest BCUT2D eigenvalue weighted by Crippen LogP contribution is 2.36. The van der Waals surface area contributed by atoms with E-state index in [4.69, 9.17) is 22.1 Å². The van der Waals surface area contributed by atoms with Crippen LogP contribution in [0.1, 0.15) is 40.8 Å². The maximum atomic E-state index is 9.78. The van der Waals surface area contributed by atoms with Crippen molar-refractivity contribution in [3.63, 3.8) is 0 Å². The lowest BCUT2D eigenvalue weighted by atomic mass is 9.98. The predicted molar refractivity (Wildman–Crippen MR) is 144 cm³/mol. The Balaban J connectivity index is 1.64. The summed E-state index contributed by atoms with van der Waals surface area (Å²) in [4.78, 5) is 4.37. The van der Waals surface area contributed by atoms with E-state index < -0.39 is 6.23 Å². The molecule has 0 fully saturated rings. The maximum absolute atomic E-state index is 9.78. The summed E-state index contributed by atoms with van der Waals surface area (Å²) in [5.74, 6) is 0.856. The second-order valence-electron chi connectivity index (χ2n) is 9.29. The molecule has 4 rings (SSSR count). The first-order chi connectivity index (χ1) is 16.8. The Labute approximate surface area is 212 Å². The summed E-state index contributed by atoms with van der Waals surface area (Å²) in [5, 5.41) is 11.8. The molecular formula is C29H34ClN3O2. The Hall–Kier alpha value is -2.86. The first kappa shape index (κ1) is 25.2. The first-order valence-electron chi connectivity index (χ1n) is 12.1. The van der Waals surface area contributed by atoms with E-state index in [0.29, 0.717) is 19.6 Å². The number of aryl methyl sites for hydroxylation is 5. The van der Waals surface area contributed by atoms with Crippen LogP contribution in [0.4, 0.5) is 0 Å². The Morgan fingerprint density at radius 1 is 1.06 bits per heavy atom. The summed E-state index contributed by atoms with van der Waals surface area (Å²) in [6.07, 6.45) is 5.17. The van der Waals surface area contributed by atoms with Crippen LogP contribution in [0, 0.1) is 27.7 Å². The molecule has 2 aromatic heterocycles. The lowest BCUT2D eigenvalue weighted by Crippen LogP contribution is -2.21. The zero-order valence-corrected chi connectivity index (χ0v) is 21.7. The number of nitrogens with two attached hydrogens (primary N) is 1. The van der Waals surface area contributed by atoms with E-state index in [1.807, 2.05) is 44.4 Å². The summed E-state index contributed by atoms with van der Waals surface area (Å²) in [6.45, 7) is 9.54. The Morgan fingerprint density at radius 2 is 1.80 bits per heavy atom. The lowest BCUT2D eigenvalue weighted by molar-refractivity contribution is 0.166. The fourth-order valence-corrected chi connectivity index (χ4v) is 4.96. The molecule has 0 aliphatic rings. The van der Waals surface area contributed by atoms with E-state index in [1.54, 1.807) is 0 Å². The number of benzene rings is 2. The zero-order valence-electron chi connectivity index (χ0n) is 20.9. The molecule has 2 heterocycles. The van der Waals surface area contributed by atoms with Crippen molar-refractivity contribution in [1.82, 2.24) is 9.55 Å². The fraction of sp³-hybridized carbons (Fsp3) is 0.345. The van der Waals surface area contributed by atoms with Crippen molar-refractivity contribution in [3.05, 3.63) is 81.8 Å². The number of nitrogens with zero attached hydrogens (tertiary/aromatic N) is 2. The van der Waals surface area contributed by atoms with Crippen molar-refractivity contribution in [2.75, 3.05) is 6.61 Å². The minimum atomic E-state index is -0.845. The number of pyridine rings is 1. The van der Waals surface area contributed by atoms with Crippen LogP contribution in [0.15, 0.2) is 48.8 Å². The van der Waals surface area contributed by atoms with Crippen LogP contribution in [0.2, 0.25) is 5.02 Å². The molecule has 0 aliphatic carbocycles. The molecule has 2 aromatic carbocycles. The molecule has 0 amide bonds. The van der Waals surface area contributed by atoms with E-state index in [-0.39, 0.29) is 0 Å². The fourth-order valence-electron chi connectivity index (χ4n) is 4.85. The number of ether oxygens (including phenoxy) is 1. The molecule has 0 radical (unpaired) electrons. The molecular weight excluding hydrogens is 458 g/mol. The van der Waals surface area contributed by atoms with Gasteiger partial charge >= 0.3 is 0 Å². The molecule has 6 heteroatoms. The van der Waals surface area contributed by atoms with E-state index >= 15 is 0 Å². The monoisotopic (exact) mass is 491 g/mol. The Bertz CT molecular complexity index is 1320. The number of halogens is 1. The number of aliphatic hydroxyl groups is 1. The van der Waals surface area contributed by atoms with Gasteiger partial charge in [-0.3, -0.25) is 4.98 Å². The summed E-state index contributed by atoms with van der Waals surface area (Å²) >= 11 is 6.29. The van der Waals surface area contributed by atoms with Gasteiger partial charge < -0.3 is 20.1 Å². The van der Waals surface area contributed by atoms with Crippen molar-refractivity contribution >= 4 is 22.5 Å². The van der Waals surface area contributed by atoms with E-state index in [2.05, 4.69) is 41.6 Å². The van der Waals surface area contributed by atoms with Gasteiger partial charge in [0.2, 0.25) is 0 Å². The van der Waals surface area contributed by atoms with Gasteiger partial charge in [-0.15, -0.1) is 0 Å². The van der Waals surface area contributed by atoms with Crippen molar-refractivity contribution in [2.45, 2.75) is 59.7 Å². The third-order valence-electron chi connectivity index (χ3n) is 6.70. The minimum Gasteiger partial charge on any atom is -0.494 e. The number of rotatable bonds is 9. The summed E-state index contributed by atoms with van der Waals surface area (Å²) in [5.41, 5.74) is 14.9. The highest BCUT2D eigenvalue weighted by atomic mass is 35.5. The normalized spacial score (nSPS) is 12.3. The largest absolute Gasteiger partial charge is 0.494 e. The molecule has 184 valence electrons. The third-order valence-corrected chi connectivity index (χ3v) is 7.30. The van der Waals surface area contributed by atoms with Crippen LogP contribution >= 0.6 is 11.6 Å². The average Bonchev–Trinajstić information content (AvgIpc) is 3.10. The van der Waals surface area contributed by atoms with Gasteiger partial charge in [0, 0.05) is 52.6 Å². The lowest BCUT2D eigenvalue weighted by Gasteiger charge is -2.14. The van der Waals surface area contributed by atoms with Crippen molar-refractivity contribution in [2.24, 2.45) is 5.73 Å². The van der Waals surface area contributed by atoms with Gasteiger partial charge in [0.15, 0.2) is 0 Å². The molecule has 0 bridgehead atoms. The van der Waals surface area contributed by atoms with Gasteiger partial charge in [-0.1, -0.05) is 29.8 Å². The molecule has 3 N–H and O–H groups in total. The van der Waals surface area contributed by atoms with Gasteiger partial charge in [-0.25, -0.2) is 0 Å². The number of aliphatic hydroxyl groups excluding tert-OH is 1. The van der Waals surface area contributed by atoms with E-state index in [1.165, 1.54) is 27.7 Å². The smallest absolute Gasteiger partial charge is 0.119 e. The molecule has 5 nitrogen and oxygen atoms in total. The van der Waals surface area contributed by atoms with Crippen LogP contribution in [-0.4, -0.2) is 27.5 Å². The second kappa shape index (κ2) is 10.8. The van der Waals surface area contributed by atoms with Crippen LogP contribution < -0.4 is 10.5 Å². The molecule has 0 spiro atoms. The summed E-state index contributed by atoms with van der Waals surface area (Å²) < 4.78 is 8.37. The molecule has 1 atom stereocenters. The number of hydrogen-bond acceptors (Lipinski definition) is 4. The zero-order chi connectivity index (χ0) is 25.1. The van der Waals surface area contributed by atoms with Gasteiger partial charge in [0.05, 0.1) is 12.1 Å². The number of para-hydroxylation sites is 1. The van der Waals surface area contributed by atoms with Crippen LogP contribution in [0.5, 0.6) is 5.75 Å². The molecule has 0 aliphatic heterocycles. The van der Waals surface area contributed by atoms with Crippen LogP contribution in [0.25, 0.3) is 22.0 Å². The number of aromatic nitrogens is 2. The topological polar surface area (TPSA) is 73.3 Å². The SMILES string of the molecule is Cc1ccncc1-c1cccc2c(CCCOc3cc(C)c(Cl)c(C)c3)c(C)n(CCC(N)O)c12. The van der Waals surface area contributed by atoms with Gasteiger partial charge in [0.25, 0.3) is 0 Å². The van der Waals surface area contributed by atoms with Crippen LogP contribution in [-0.2, 0) is 13.0 Å². The average molecular weight is 492 g/mol. The second-order valence-corrected chi connectivity index (χ2v) is 9.66. The Morgan fingerprint density at radius 3 is 2.49 bits per heavy atom. The quantitative estimate of drug-likeness (QED) is 0.214. The van der Waals surface area contributed by atoms with E-state index in [0.717, 1.165) is 45.9 Å². The first-order valence-corrected chi connectivity index (χ1v) is 12.5. The third kappa shape index (κ3) is 5.37. The standard InChI is InChI=1S/C29H34ClN3O2/c1-18-10-12-32-17-26(18)25-8-5-7-24-23(21(4)33(29(24)25)13-11-27(31)34)9-6-14-35-22-15-19(2)28(30)20(3)16-22/h5,7-8,10,12,15-17,27,34H,6,9,11,13-14,31H2,1-4H3. The van der Waals surface area contributed by atoms with Gasteiger partial charge in [-0.05, 0) is 81.0 Å². The van der Waals surface area contributed by atoms with Crippen molar-refractivity contribution in [1.29, 1.82) is 0 Å². The van der Waals surface area contributed by atoms with Gasteiger partial charge in [-0.2, -0.15) is 0 Å². The number of hydrogen-bond donors (Lipinski definition) is 2. The molecule has 1 unspecified atom stereocenters. The Kier molecular flexibility index (Phi) is 7.80. The van der Waals surface area contributed by atoms with E-state index in [9.17, 15) is 5.11 Å². The van der Waals surface area contributed by atoms with Crippen molar-refractivity contribution < 1.29 is 9.84 Å². The maximum Gasteiger partial charge on any atom is 0.119 e. The molecule has 4 aromatic rings. The summed E-state index contributed by atoms with van der Waals surface area (Å²) in [6, 6.07) is 12.5. The highest BCUT2D eigenvalue weighted by Gasteiger charge is 2.19. The van der Waals surface area contributed by atoms with Crippen LogP contribution in [0.3, 0.4) is 0 Å². The summed E-state index contributed by atoms with van der Waals surface area (Å²) in [7, 11) is 0. The predicted octanol–water partition coefficient (Wildman–Crippen LogP) is 6.27. The molecule has 0 saturated heterocycles. The van der Waals surface area contributed by atoms with Crippen molar-refractivity contribution in [3.8, 4) is 16.9 Å². The number of fused-ring (bicyclic) bond motifs is 1. The molecule has 0 saturated carbocycles. The van der Waals surface area contributed by atoms with Gasteiger partial charge in [0.1, 0.15) is 12.0 Å².